The lowest BCUT2D eigenvalue weighted by Crippen LogP contribution is -2.43. The highest BCUT2D eigenvalue weighted by Gasteiger charge is 2.07. The topological polar surface area (TPSA) is 67.4 Å². The van der Waals surface area contributed by atoms with Gasteiger partial charge < -0.3 is 4.74 Å². The third-order valence-electron chi connectivity index (χ3n) is 3.82. The van der Waals surface area contributed by atoms with Crippen LogP contribution in [0, 0.1) is 0 Å². The Kier molecular flexibility index (Phi) is 6.84. The highest BCUT2D eigenvalue weighted by atomic mass is 79.9. The van der Waals surface area contributed by atoms with Crippen molar-refractivity contribution in [2.75, 3.05) is 6.61 Å². The van der Waals surface area contributed by atoms with Crippen molar-refractivity contribution in [3.8, 4) is 5.75 Å². The number of hydrazine groups is 1. The quantitative estimate of drug-likeness (QED) is 0.395. The molecule has 0 heterocycles. The van der Waals surface area contributed by atoms with E-state index in [-0.39, 0.29) is 6.61 Å². The lowest BCUT2D eigenvalue weighted by Gasteiger charge is -2.09. The van der Waals surface area contributed by atoms with Gasteiger partial charge in [0.1, 0.15) is 5.75 Å². The second-order valence-corrected chi connectivity index (χ2v) is 7.57. The Morgan fingerprint density at radius 1 is 0.964 bits per heavy atom. The van der Waals surface area contributed by atoms with Crippen molar-refractivity contribution in [3.05, 3.63) is 81.2 Å². The van der Waals surface area contributed by atoms with Gasteiger partial charge in [0.05, 0.1) is 4.47 Å². The second kappa shape index (κ2) is 9.52. The van der Waals surface area contributed by atoms with Crippen LogP contribution in [0.2, 0.25) is 0 Å². The van der Waals surface area contributed by atoms with E-state index in [2.05, 4.69) is 42.7 Å². The summed E-state index contributed by atoms with van der Waals surface area (Å²) in [6.45, 7) is -0.229. The van der Waals surface area contributed by atoms with Gasteiger partial charge in [0, 0.05) is 10.5 Å². The van der Waals surface area contributed by atoms with Gasteiger partial charge in [0.25, 0.3) is 11.8 Å². The number of hydrogen-bond acceptors (Lipinski definition) is 3. The molecule has 0 aliphatic carbocycles. The molecule has 7 heteroatoms. The molecule has 0 bridgehead atoms. The maximum atomic E-state index is 12.0. The van der Waals surface area contributed by atoms with Gasteiger partial charge in [-0.3, -0.25) is 20.4 Å². The summed E-state index contributed by atoms with van der Waals surface area (Å²) in [4.78, 5) is 23.8. The Hall–Kier alpha value is -2.64. The maximum Gasteiger partial charge on any atom is 0.276 e. The first-order valence-corrected chi connectivity index (χ1v) is 9.94. The number of hydrogen-bond donors (Lipinski definition) is 2. The molecule has 5 nitrogen and oxygen atoms in total. The van der Waals surface area contributed by atoms with E-state index in [1.54, 1.807) is 18.2 Å². The molecule has 3 aromatic rings. The average Bonchev–Trinajstić information content (AvgIpc) is 2.70. The van der Waals surface area contributed by atoms with Gasteiger partial charge in [-0.25, -0.2) is 0 Å². The molecule has 0 fully saturated rings. The molecule has 0 unspecified atom stereocenters. The van der Waals surface area contributed by atoms with E-state index in [9.17, 15) is 9.59 Å². The predicted octanol–water partition coefficient (Wildman–Crippen LogP) is 4.60. The summed E-state index contributed by atoms with van der Waals surface area (Å²) in [5.74, 6) is -0.381. The molecule has 0 atom stereocenters. The number of ether oxygens (including phenoxy) is 1. The number of rotatable bonds is 5. The van der Waals surface area contributed by atoms with Crippen LogP contribution in [0.5, 0.6) is 5.75 Å². The van der Waals surface area contributed by atoms with E-state index in [4.69, 9.17) is 4.74 Å². The lowest BCUT2D eigenvalue weighted by molar-refractivity contribution is -0.128. The summed E-state index contributed by atoms with van der Waals surface area (Å²) >= 11 is 6.70. The minimum atomic E-state index is -0.471. The zero-order chi connectivity index (χ0) is 19.9. The van der Waals surface area contributed by atoms with Gasteiger partial charge in [0.2, 0.25) is 0 Å². The van der Waals surface area contributed by atoms with Crippen LogP contribution >= 0.6 is 31.9 Å². The minimum Gasteiger partial charge on any atom is -0.483 e. The molecule has 2 N–H and O–H groups in total. The fourth-order valence-electron chi connectivity index (χ4n) is 2.51. The lowest BCUT2D eigenvalue weighted by atomic mass is 10.0. The number of halogens is 2. The van der Waals surface area contributed by atoms with E-state index >= 15 is 0 Å². The minimum absolute atomic E-state index is 0.229. The van der Waals surface area contributed by atoms with Crippen LogP contribution in [0.15, 0.2) is 75.7 Å². The molecule has 0 spiro atoms. The van der Waals surface area contributed by atoms with Gasteiger partial charge in [0.15, 0.2) is 6.61 Å². The van der Waals surface area contributed by atoms with Gasteiger partial charge in [-0.05, 0) is 56.5 Å². The highest BCUT2D eigenvalue weighted by Crippen LogP contribution is 2.28. The molecule has 142 valence electrons. The standard InChI is InChI=1S/C21H16Br2N2O3/c22-16-9-10-19(18(23)12-16)28-13-21(27)25-24-20(26)11-8-15-6-3-5-14-4-1-2-7-17(14)15/h1-12H,13H2,(H,24,26)(H,25,27)/b11-8+. The summed E-state index contributed by atoms with van der Waals surface area (Å²) in [6, 6.07) is 19.1. The Morgan fingerprint density at radius 3 is 2.57 bits per heavy atom. The highest BCUT2D eigenvalue weighted by molar-refractivity contribution is 9.11. The van der Waals surface area contributed by atoms with Gasteiger partial charge >= 0.3 is 0 Å². The maximum absolute atomic E-state index is 12.0. The van der Waals surface area contributed by atoms with E-state index in [1.165, 1.54) is 6.08 Å². The molecule has 0 saturated heterocycles. The zero-order valence-corrected chi connectivity index (χ0v) is 17.8. The van der Waals surface area contributed by atoms with Crippen molar-refractivity contribution in [2.24, 2.45) is 0 Å². The number of carbonyl (C=O) groups excluding carboxylic acids is 2. The van der Waals surface area contributed by atoms with Crippen molar-refractivity contribution in [1.29, 1.82) is 0 Å². The van der Waals surface area contributed by atoms with Gasteiger partial charge in [-0.15, -0.1) is 0 Å². The van der Waals surface area contributed by atoms with Gasteiger partial charge in [-0.1, -0.05) is 58.4 Å². The van der Waals surface area contributed by atoms with Crippen LogP contribution in [0.1, 0.15) is 5.56 Å². The molecule has 3 aromatic carbocycles. The monoisotopic (exact) mass is 502 g/mol. The summed E-state index contributed by atoms with van der Waals surface area (Å²) in [7, 11) is 0. The number of amides is 2. The van der Waals surface area contributed by atoms with Crippen LogP contribution in [-0.2, 0) is 9.59 Å². The molecule has 0 aliphatic heterocycles. The third kappa shape index (κ3) is 5.43. The number of benzene rings is 3. The first-order valence-electron chi connectivity index (χ1n) is 8.35. The SMILES string of the molecule is O=C(/C=C/c1cccc2ccccc12)NNC(=O)COc1ccc(Br)cc1Br. The van der Waals surface area contributed by atoms with Crippen LogP contribution in [0.3, 0.4) is 0 Å². The van der Waals surface area contributed by atoms with Crippen LogP contribution < -0.4 is 15.6 Å². The van der Waals surface area contributed by atoms with E-state index in [0.29, 0.717) is 5.75 Å². The molecule has 0 aromatic heterocycles. The molecular weight excluding hydrogens is 488 g/mol. The second-order valence-electron chi connectivity index (χ2n) is 5.80. The first kappa shape index (κ1) is 20.1. The van der Waals surface area contributed by atoms with Crippen molar-refractivity contribution < 1.29 is 14.3 Å². The molecule has 0 radical (unpaired) electrons. The Morgan fingerprint density at radius 2 is 1.75 bits per heavy atom. The van der Waals surface area contributed by atoms with E-state index in [0.717, 1.165) is 25.3 Å². The van der Waals surface area contributed by atoms with Crippen molar-refractivity contribution in [2.45, 2.75) is 0 Å². The van der Waals surface area contributed by atoms with Crippen molar-refractivity contribution in [1.82, 2.24) is 10.9 Å². The van der Waals surface area contributed by atoms with E-state index in [1.807, 2.05) is 48.5 Å². The van der Waals surface area contributed by atoms with Crippen LogP contribution in [0.4, 0.5) is 0 Å². The van der Waals surface area contributed by atoms with Crippen molar-refractivity contribution in [3.63, 3.8) is 0 Å². The Labute approximate surface area is 179 Å². The Bertz CT molecular complexity index is 1050. The number of carbonyl (C=O) groups is 2. The summed E-state index contributed by atoms with van der Waals surface area (Å²) < 4.78 is 7.02. The molecule has 28 heavy (non-hydrogen) atoms. The average molecular weight is 504 g/mol. The molecular formula is C21H16Br2N2O3. The zero-order valence-electron chi connectivity index (χ0n) is 14.6. The van der Waals surface area contributed by atoms with E-state index < -0.39 is 11.8 Å². The predicted molar refractivity (Wildman–Crippen MR) is 117 cm³/mol. The van der Waals surface area contributed by atoms with Gasteiger partial charge in [-0.2, -0.15) is 0 Å². The first-order chi connectivity index (χ1) is 13.5. The fraction of sp³-hybridized carbons (Fsp3) is 0.0476. The molecule has 0 aliphatic rings. The summed E-state index contributed by atoms with van der Waals surface area (Å²) in [5.41, 5.74) is 5.57. The van der Waals surface area contributed by atoms with Crippen LogP contribution in [0.25, 0.3) is 16.8 Å². The molecule has 3 rings (SSSR count). The summed E-state index contributed by atoms with van der Waals surface area (Å²) in [5, 5.41) is 2.14. The number of nitrogens with one attached hydrogen (secondary N) is 2. The largest absolute Gasteiger partial charge is 0.483 e. The third-order valence-corrected chi connectivity index (χ3v) is 4.93. The van der Waals surface area contributed by atoms with Crippen LogP contribution in [-0.4, -0.2) is 18.4 Å². The molecule has 0 saturated carbocycles. The smallest absolute Gasteiger partial charge is 0.276 e. The normalized spacial score (nSPS) is 10.8. The molecule has 2 amide bonds. The fourth-order valence-corrected chi connectivity index (χ4v) is 3.67. The number of fused-ring (bicyclic) bond motifs is 1. The summed E-state index contributed by atoms with van der Waals surface area (Å²) in [6.07, 6.45) is 3.08. The van der Waals surface area contributed by atoms with Crippen molar-refractivity contribution >= 4 is 60.5 Å². The Balaban J connectivity index is 1.51.